The summed E-state index contributed by atoms with van der Waals surface area (Å²) in [7, 11) is 0. The fourth-order valence-corrected chi connectivity index (χ4v) is 4.38. The first kappa shape index (κ1) is 18.5. The highest BCUT2D eigenvalue weighted by Gasteiger charge is 2.07. The van der Waals surface area contributed by atoms with Crippen molar-refractivity contribution < 1.29 is 4.74 Å². The summed E-state index contributed by atoms with van der Waals surface area (Å²) < 4.78 is 8.64. The highest BCUT2D eigenvalue weighted by atomic mass is 127. The molecule has 4 aromatic carbocycles. The minimum absolute atomic E-state index is 0.840. The predicted octanol–water partition coefficient (Wildman–Crippen LogP) is 8.02. The molecule has 0 N–H and O–H groups in total. The van der Waals surface area contributed by atoms with E-state index in [0.29, 0.717) is 0 Å². The monoisotopic (exact) mass is 574 g/mol. The summed E-state index contributed by atoms with van der Waals surface area (Å²) in [6, 6.07) is 33.3. The van der Waals surface area contributed by atoms with Crippen LogP contribution in [-0.4, -0.2) is 0 Å². The molecule has 4 aromatic rings. The first-order valence-electron chi connectivity index (χ1n) is 8.58. The van der Waals surface area contributed by atoms with Gasteiger partial charge >= 0.3 is 0 Å². The Morgan fingerprint density at radius 1 is 0.481 bits per heavy atom. The van der Waals surface area contributed by atoms with Gasteiger partial charge in [0.15, 0.2) is 0 Å². The third kappa shape index (κ3) is 4.35. The summed E-state index contributed by atoms with van der Waals surface area (Å²) in [4.78, 5) is 0. The van der Waals surface area contributed by atoms with Crippen LogP contribution in [-0.2, 0) is 0 Å². The standard InChI is InChI=1S/C24H16I2O/c25-23-13-3-1-11-21(23)17-7-5-9-19(15-17)27-20-10-6-8-18(16-20)22-12-2-4-14-24(22)26/h1-16H. The summed E-state index contributed by atoms with van der Waals surface area (Å²) in [5, 5.41) is 0. The van der Waals surface area contributed by atoms with Crippen molar-refractivity contribution in [2.24, 2.45) is 0 Å². The van der Waals surface area contributed by atoms with E-state index in [4.69, 9.17) is 4.74 Å². The van der Waals surface area contributed by atoms with Crippen molar-refractivity contribution in [1.82, 2.24) is 0 Å². The Labute approximate surface area is 186 Å². The van der Waals surface area contributed by atoms with Gasteiger partial charge in [-0.05, 0) is 104 Å². The Hall–Kier alpha value is -1.86. The molecule has 0 heterocycles. The maximum absolute atomic E-state index is 6.18. The van der Waals surface area contributed by atoms with E-state index in [1.165, 1.54) is 18.3 Å². The summed E-state index contributed by atoms with van der Waals surface area (Å²) in [6.45, 7) is 0. The molecule has 0 saturated heterocycles. The Balaban J connectivity index is 1.64. The van der Waals surface area contributed by atoms with E-state index in [-0.39, 0.29) is 0 Å². The van der Waals surface area contributed by atoms with E-state index in [1.807, 2.05) is 24.3 Å². The number of halogens is 2. The molecule has 0 aliphatic rings. The largest absolute Gasteiger partial charge is 0.457 e. The van der Waals surface area contributed by atoms with Gasteiger partial charge < -0.3 is 4.74 Å². The molecular formula is C24H16I2O. The van der Waals surface area contributed by atoms with E-state index >= 15 is 0 Å². The zero-order chi connectivity index (χ0) is 18.6. The highest BCUT2D eigenvalue weighted by molar-refractivity contribution is 14.1. The van der Waals surface area contributed by atoms with Gasteiger partial charge in [0.25, 0.3) is 0 Å². The van der Waals surface area contributed by atoms with E-state index in [0.717, 1.165) is 22.6 Å². The Morgan fingerprint density at radius 3 is 1.37 bits per heavy atom. The fourth-order valence-electron chi connectivity index (χ4n) is 2.98. The summed E-state index contributed by atoms with van der Waals surface area (Å²) in [5.74, 6) is 1.68. The zero-order valence-electron chi connectivity index (χ0n) is 14.4. The summed E-state index contributed by atoms with van der Waals surface area (Å²) in [5.41, 5.74) is 4.75. The van der Waals surface area contributed by atoms with Gasteiger partial charge in [-0.15, -0.1) is 0 Å². The Bertz CT molecular complexity index is 1000. The zero-order valence-corrected chi connectivity index (χ0v) is 18.7. The lowest BCUT2D eigenvalue weighted by Crippen LogP contribution is -1.88. The average molecular weight is 574 g/mol. The van der Waals surface area contributed by atoms with E-state index < -0.39 is 0 Å². The first-order valence-corrected chi connectivity index (χ1v) is 10.7. The molecule has 132 valence electrons. The molecule has 0 aliphatic carbocycles. The lowest BCUT2D eigenvalue weighted by molar-refractivity contribution is 0.483. The fraction of sp³-hybridized carbons (Fsp3) is 0. The second kappa shape index (κ2) is 8.44. The molecular weight excluding hydrogens is 558 g/mol. The molecule has 0 saturated carbocycles. The smallest absolute Gasteiger partial charge is 0.128 e. The predicted molar refractivity (Wildman–Crippen MR) is 129 cm³/mol. The van der Waals surface area contributed by atoms with Crippen molar-refractivity contribution in [3.63, 3.8) is 0 Å². The van der Waals surface area contributed by atoms with Crippen molar-refractivity contribution in [2.45, 2.75) is 0 Å². The number of rotatable bonds is 4. The van der Waals surface area contributed by atoms with Gasteiger partial charge in [-0.2, -0.15) is 0 Å². The van der Waals surface area contributed by atoms with Gasteiger partial charge in [0.05, 0.1) is 0 Å². The third-order valence-corrected chi connectivity index (χ3v) is 6.15. The quantitative estimate of drug-likeness (QED) is 0.225. The third-order valence-electron chi connectivity index (χ3n) is 4.27. The first-order chi connectivity index (χ1) is 13.2. The molecule has 0 spiro atoms. The van der Waals surface area contributed by atoms with Crippen LogP contribution in [0.5, 0.6) is 11.5 Å². The molecule has 27 heavy (non-hydrogen) atoms. The number of hydrogen-bond acceptors (Lipinski definition) is 1. The molecule has 0 fully saturated rings. The number of hydrogen-bond donors (Lipinski definition) is 0. The van der Waals surface area contributed by atoms with Crippen LogP contribution in [0, 0.1) is 7.14 Å². The van der Waals surface area contributed by atoms with Crippen molar-refractivity contribution in [1.29, 1.82) is 0 Å². The molecule has 0 unspecified atom stereocenters. The minimum atomic E-state index is 0.840. The SMILES string of the molecule is Ic1ccccc1-c1cccc(Oc2cccc(-c3ccccc3I)c2)c1. The number of ether oxygens (including phenoxy) is 1. The van der Waals surface area contributed by atoms with Crippen LogP contribution in [0.3, 0.4) is 0 Å². The van der Waals surface area contributed by atoms with Crippen molar-refractivity contribution in [3.8, 4) is 33.8 Å². The van der Waals surface area contributed by atoms with Crippen LogP contribution in [0.2, 0.25) is 0 Å². The molecule has 0 aromatic heterocycles. The van der Waals surface area contributed by atoms with Crippen molar-refractivity contribution in [2.75, 3.05) is 0 Å². The van der Waals surface area contributed by atoms with Gasteiger partial charge in [0.2, 0.25) is 0 Å². The van der Waals surface area contributed by atoms with Crippen LogP contribution in [0.25, 0.3) is 22.3 Å². The van der Waals surface area contributed by atoms with Crippen LogP contribution in [0.1, 0.15) is 0 Å². The summed E-state index contributed by atoms with van der Waals surface area (Å²) in [6.07, 6.45) is 0. The average Bonchev–Trinajstić information content (AvgIpc) is 2.69. The minimum Gasteiger partial charge on any atom is -0.457 e. The second-order valence-corrected chi connectivity index (χ2v) is 8.44. The van der Waals surface area contributed by atoms with Gasteiger partial charge in [-0.3, -0.25) is 0 Å². The lowest BCUT2D eigenvalue weighted by Gasteiger charge is -2.11. The van der Waals surface area contributed by atoms with Crippen molar-refractivity contribution >= 4 is 45.2 Å². The van der Waals surface area contributed by atoms with Crippen LogP contribution >= 0.6 is 45.2 Å². The highest BCUT2D eigenvalue weighted by Crippen LogP contribution is 2.32. The topological polar surface area (TPSA) is 9.23 Å². The van der Waals surface area contributed by atoms with Crippen LogP contribution in [0.4, 0.5) is 0 Å². The summed E-state index contributed by atoms with van der Waals surface area (Å²) >= 11 is 4.74. The molecule has 0 atom stereocenters. The van der Waals surface area contributed by atoms with E-state index in [2.05, 4.69) is 118 Å². The molecule has 1 nitrogen and oxygen atoms in total. The second-order valence-electron chi connectivity index (χ2n) is 6.12. The maximum Gasteiger partial charge on any atom is 0.128 e. The van der Waals surface area contributed by atoms with Gasteiger partial charge in [-0.1, -0.05) is 60.7 Å². The van der Waals surface area contributed by atoms with Gasteiger partial charge in [-0.25, -0.2) is 0 Å². The normalized spacial score (nSPS) is 10.6. The molecule has 0 amide bonds. The Kier molecular flexibility index (Phi) is 5.78. The molecule has 3 heteroatoms. The molecule has 0 radical (unpaired) electrons. The molecule has 0 aliphatic heterocycles. The van der Waals surface area contributed by atoms with Crippen LogP contribution in [0.15, 0.2) is 97.1 Å². The maximum atomic E-state index is 6.18. The lowest BCUT2D eigenvalue weighted by atomic mass is 10.1. The van der Waals surface area contributed by atoms with Gasteiger partial charge in [0, 0.05) is 7.14 Å². The number of benzene rings is 4. The molecule has 4 rings (SSSR count). The van der Waals surface area contributed by atoms with E-state index in [1.54, 1.807) is 0 Å². The van der Waals surface area contributed by atoms with Crippen molar-refractivity contribution in [3.05, 3.63) is 104 Å². The van der Waals surface area contributed by atoms with Crippen LogP contribution < -0.4 is 4.74 Å². The van der Waals surface area contributed by atoms with E-state index in [9.17, 15) is 0 Å². The van der Waals surface area contributed by atoms with Gasteiger partial charge in [0.1, 0.15) is 11.5 Å². The Morgan fingerprint density at radius 2 is 0.926 bits per heavy atom. The molecule has 0 bridgehead atoms.